The predicted octanol–water partition coefficient (Wildman–Crippen LogP) is 1.89. The Morgan fingerprint density at radius 3 is 2.81 bits per heavy atom. The number of rotatable bonds is 5. The average Bonchev–Trinajstić information content (AvgIpc) is 3.53. The van der Waals surface area contributed by atoms with Crippen molar-refractivity contribution < 1.29 is 4.79 Å². The molecule has 0 bridgehead atoms. The first kappa shape index (κ1) is 20.1. The smallest absolute Gasteiger partial charge is 0.255 e. The molecular weight excluding hydrogens is 390 g/mol. The molecule has 5 heterocycles. The number of carbonyl (C=O) groups excluding carboxylic acids is 1. The summed E-state index contributed by atoms with van der Waals surface area (Å²) in [5.41, 5.74) is 2.73. The van der Waals surface area contributed by atoms with Crippen LogP contribution in [0, 0.1) is 0 Å². The number of aromatic nitrogens is 4. The van der Waals surface area contributed by atoms with Crippen molar-refractivity contribution in [2.75, 3.05) is 40.3 Å². The zero-order valence-electron chi connectivity index (χ0n) is 18.2. The topological polar surface area (TPSA) is 69.9 Å². The number of fused-ring (bicyclic) bond motifs is 1. The molecule has 2 saturated heterocycles. The molecule has 0 saturated carbocycles. The third-order valence-electron chi connectivity index (χ3n) is 6.62. The zero-order valence-corrected chi connectivity index (χ0v) is 18.2. The summed E-state index contributed by atoms with van der Waals surface area (Å²) >= 11 is 0. The van der Waals surface area contributed by atoms with Crippen molar-refractivity contribution in [3.05, 3.63) is 59.8 Å². The van der Waals surface area contributed by atoms with E-state index >= 15 is 0 Å². The fourth-order valence-corrected chi connectivity index (χ4v) is 4.78. The van der Waals surface area contributed by atoms with E-state index in [1.807, 2.05) is 39.9 Å². The molecule has 0 radical (unpaired) electrons. The highest BCUT2D eigenvalue weighted by Crippen LogP contribution is 2.28. The Morgan fingerprint density at radius 1 is 1.13 bits per heavy atom. The molecule has 0 N–H and O–H groups in total. The quantitative estimate of drug-likeness (QED) is 0.629. The van der Waals surface area contributed by atoms with Crippen molar-refractivity contribution in [3.8, 4) is 0 Å². The van der Waals surface area contributed by atoms with Crippen LogP contribution in [0.3, 0.4) is 0 Å². The van der Waals surface area contributed by atoms with E-state index in [-0.39, 0.29) is 5.91 Å². The first-order valence-electron chi connectivity index (χ1n) is 11.0. The molecule has 2 aliphatic rings. The van der Waals surface area contributed by atoms with Crippen molar-refractivity contribution in [1.29, 1.82) is 0 Å². The van der Waals surface area contributed by atoms with E-state index in [1.165, 1.54) is 5.56 Å². The fraction of sp³-hybridized carbons (Fsp3) is 0.478. The van der Waals surface area contributed by atoms with Gasteiger partial charge in [0.25, 0.3) is 5.91 Å². The molecule has 0 aromatic carbocycles. The molecular formula is C23H29N7O. The highest BCUT2D eigenvalue weighted by atomic mass is 16.2. The third kappa shape index (κ3) is 4.05. The summed E-state index contributed by atoms with van der Waals surface area (Å²) in [6.07, 6.45) is 7.72. The van der Waals surface area contributed by atoms with Gasteiger partial charge in [0.1, 0.15) is 5.82 Å². The van der Waals surface area contributed by atoms with E-state index in [4.69, 9.17) is 0 Å². The zero-order chi connectivity index (χ0) is 21.4. The summed E-state index contributed by atoms with van der Waals surface area (Å²) in [6.45, 7) is 4.44. The summed E-state index contributed by atoms with van der Waals surface area (Å²) in [7, 11) is 4.15. The third-order valence-corrected chi connectivity index (χ3v) is 6.62. The van der Waals surface area contributed by atoms with Gasteiger partial charge in [-0.05, 0) is 57.2 Å². The maximum atomic E-state index is 13.1. The number of nitrogens with zero attached hydrogens (tertiary/aromatic N) is 7. The minimum absolute atomic E-state index is 0.0931. The van der Waals surface area contributed by atoms with Crippen LogP contribution in [0.5, 0.6) is 0 Å². The molecule has 5 rings (SSSR count). The van der Waals surface area contributed by atoms with Gasteiger partial charge in [0, 0.05) is 56.7 Å². The van der Waals surface area contributed by atoms with Crippen LogP contribution < -0.4 is 0 Å². The molecule has 3 aromatic rings. The van der Waals surface area contributed by atoms with Crippen LogP contribution in [-0.2, 0) is 6.54 Å². The Bertz CT molecular complexity index is 1060. The maximum Gasteiger partial charge on any atom is 0.255 e. The highest BCUT2D eigenvalue weighted by Gasteiger charge is 2.30. The Morgan fingerprint density at radius 2 is 2.03 bits per heavy atom. The van der Waals surface area contributed by atoms with Crippen LogP contribution in [0.25, 0.3) is 5.65 Å². The van der Waals surface area contributed by atoms with Gasteiger partial charge >= 0.3 is 0 Å². The molecule has 0 spiro atoms. The molecule has 8 nitrogen and oxygen atoms in total. The van der Waals surface area contributed by atoms with Crippen LogP contribution >= 0.6 is 0 Å². The molecule has 3 aromatic heterocycles. The van der Waals surface area contributed by atoms with Gasteiger partial charge in [0.2, 0.25) is 0 Å². The minimum Gasteiger partial charge on any atom is -0.337 e. The molecule has 1 amide bonds. The maximum absolute atomic E-state index is 13.1. The summed E-state index contributed by atoms with van der Waals surface area (Å²) < 4.78 is 2.02. The van der Waals surface area contributed by atoms with Gasteiger partial charge in [-0.3, -0.25) is 19.1 Å². The van der Waals surface area contributed by atoms with Crippen molar-refractivity contribution in [3.63, 3.8) is 0 Å². The Balaban J connectivity index is 1.32. The number of likely N-dealkylation sites (tertiary alicyclic amines) is 2. The fourth-order valence-electron chi connectivity index (χ4n) is 4.78. The lowest BCUT2D eigenvalue weighted by molar-refractivity contribution is 0.0782. The van der Waals surface area contributed by atoms with Gasteiger partial charge in [0.05, 0.1) is 5.56 Å². The van der Waals surface area contributed by atoms with E-state index in [2.05, 4.69) is 45.1 Å². The minimum atomic E-state index is 0.0931. The monoisotopic (exact) mass is 419 g/mol. The van der Waals surface area contributed by atoms with E-state index < -0.39 is 0 Å². The van der Waals surface area contributed by atoms with Gasteiger partial charge in [0.15, 0.2) is 5.65 Å². The number of amides is 1. The second-order valence-electron chi connectivity index (χ2n) is 8.94. The normalized spacial score (nSPS) is 22.1. The standard InChI is InChI=1S/C23H29N7O/c1-27(2)20-8-11-29(16-20)23(31)19-5-6-21-25-26-22(30(21)15-19)18-7-10-28(14-18)13-17-4-3-9-24-12-17/h3-6,9,12,15,18,20H,7-8,10-11,13-14,16H2,1-2H3/t18-,20+/m0/s1. The van der Waals surface area contributed by atoms with E-state index in [0.29, 0.717) is 17.5 Å². The van der Waals surface area contributed by atoms with Gasteiger partial charge in [-0.15, -0.1) is 10.2 Å². The van der Waals surface area contributed by atoms with Gasteiger partial charge in [-0.2, -0.15) is 0 Å². The number of hydrogen-bond donors (Lipinski definition) is 0. The lowest BCUT2D eigenvalue weighted by Gasteiger charge is -2.20. The molecule has 0 unspecified atom stereocenters. The van der Waals surface area contributed by atoms with Crippen LogP contribution in [0.1, 0.15) is 40.5 Å². The number of carbonyl (C=O) groups is 1. The summed E-state index contributed by atoms with van der Waals surface area (Å²) in [6, 6.07) is 8.31. The molecule has 31 heavy (non-hydrogen) atoms. The molecule has 8 heteroatoms. The molecule has 2 aliphatic heterocycles. The van der Waals surface area contributed by atoms with Crippen LogP contribution in [-0.4, -0.2) is 86.5 Å². The average molecular weight is 420 g/mol. The SMILES string of the molecule is CN(C)[C@@H]1CCN(C(=O)c2ccc3nnc([C@H]4CCN(Cc5cccnc5)C4)n3c2)C1. The number of pyridine rings is 2. The summed E-state index contributed by atoms with van der Waals surface area (Å²) in [5.74, 6) is 1.35. The molecule has 162 valence electrons. The summed E-state index contributed by atoms with van der Waals surface area (Å²) in [5, 5.41) is 8.85. The lowest BCUT2D eigenvalue weighted by atomic mass is 10.1. The van der Waals surface area contributed by atoms with Crippen molar-refractivity contribution in [2.45, 2.75) is 31.3 Å². The van der Waals surface area contributed by atoms with Crippen LogP contribution in [0.15, 0.2) is 42.9 Å². The molecule has 2 fully saturated rings. The highest BCUT2D eigenvalue weighted by molar-refractivity contribution is 5.94. The van der Waals surface area contributed by atoms with E-state index in [9.17, 15) is 4.79 Å². The summed E-state index contributed by atoms with van der Waals surface area (Å²) in [4.78, 5) is 23.9. The van der Waals surface area contributed by atoms with Crippen molar-refractivity contribution in [2.24, 2.45) is 0 Å². The number of likely N-dealkylation sites (N-methyl/N-ethyl adjacent to an activating group) is 1. The molecule has 2 atom stereocenters. The van der Waals surface area contributed by atoms with Crippen molar-refractivity contribution >= 4 is 11.6 Å². The predicted molar refractivity (Wildman–Crippen MR) is 118 cm³/mol. The lowest BCUT2D eigenvalue weighted by Crippen LogP contribution is -2.34. The van der Waals surface area contributed by atoms with E-state index in [0.717, 1.165) is 57.0 Å². The van der Waals surface area contributed by atoms with Gasteiger partial charge in [-0.25, -0.2) is 0 Å². The largest absolute Gasteiger partial charge is 0.337 e. The van der Waals surface area contributed by atoms with Crippen LogP contribution in [0.4, 0.5) is 0 Å². The Hall–Kier alpha value is -2.84. The van der Waals surface area contributed by atoms with Crippen molar-refractivity contribution in [1.82, 2.24) is 34.3 Å². The van der Waals surface area contributed by atoms with Crippen LogP contribution in [0.2, 0.25) is 0 Å². The first-order valence-corrected chi connectivity index (χ1v) is 11.0. The van der Waals surface area contributed by atoms with E-state index in [1.54, 1.807) is 6.20 Å². The second kappa shape index (κ2) is 8.36. The Kier molecular flexibility index (Phi) is 5.41. The molecule has 0 aliphatic carbocycles. The Labute approximate surface area is 182 Å². The van der Waals surface area contributed by atoms with Gasteiger partial charge < -0.3 is 9.80 Å². The number of hydrogen-bond acceptors (Lipinski definition) is 6. The van der Waals surface area contributed by atoms with Gasteiger partial charge in [-0.1, -0.05) is 6.07 Å². The second-order valence-corrected chi connectivity index (χ2v) is 8.94. The first-order chi connectivity index (χ1) is 15.1.